The quantitative estimate of drug-likeness (QED) is 0.780. The van der Waals surface area contributed by atoms with Crippen LogP contribution >= 0.6 is 0 Å². The van der Waals surface area contributed by atoms with Crippen LogP contribution in [0.5, 0.6) is 0 Å². The van der Waals surface area contributed by atoms with Crippen LogP contribution in [0.2, 0.25) is 0 Å². The molecule has 21 heavy (non-hydrogen) atoms. The lowest BCUT2D eigenvalue weighted by atomic mass is 10.1. The number of hydrogen-bond donors (Lipinski definition) is 3. The summed E-state index contributed by atoms with van der Waals surface area (Å²) in [5.41, 5.74) is 1.18. The maximum Gasteiger partial charge on any atom is 0.336 e. The van der Waals surface area contributed by atoms with Crippen molar-refractivity contribution in [2.24, 2.45) is 0 Å². The average molecular weight is 288 g/mol. The number of nitrogens with zero attached hydrogens (tertiary/aromatic N) is 2. The molecule has 0 aliphatic heterocycles. The van der Waals surface area contributed by atoms with Gasteiger partial charge in [0.05, 0.1) is 11.9 Å². The number of urea groups is 1. The number of aromatic carboxylic acids is 1. The van der Waals surface area contributed by atoms with Gasteiger partial charge in [0, 0.05) is 31.2 Å². The maximum atomic E-state index is 11.8. The molecular weight excluding hydrogens is 272 g/mol. The van der Waals surface area contributed by atoms with Gasteiger partial charge in [0.15, 0.2) is 0 Å². The molecule has 2 aromatic rings. The summed E-state index contributed by atoms with van der Waals surface area (Å²) in [6.45, 7) is 2.71. The van der Waals surface area contributed by atoms with Crippen molar-refractivity contribution in [3.05, 3.63) is 48.0 Å². The van der Waals surface area contributed by atoms with Crippen LogP contribution < -0.4 is 10.6 Å². The Hall–Kier alpha value is -2.83. The fraction of sp³-hybridized carbons (Fsp3) is 0.214. The molecular formula is C14H16N4O3. The van der Waals surface area contributed by atoms with E-state index in [0.29, 0.717) is 24.3 Å². The highest BCUT2D eigenvalue weighted by Crippen LogP contribution is 2.18. The molecule has 7 heteroatoms. The Morgan fingerprint density at radius 3 is 2.86 bits per heavy atom. The number of rotatable bonds is 5. The van der Waals surface area contributed by atoms with Crippen molar-refractivity contribution in [3.8, 4) is 0 Å². The zero-order valence-corrected chi connectivity index (χ0v) is 11.5. The third-order valence-electron chi connectivity index (χ3n) is 3.03. The number of carboxylic acids is 1. The van der Waals surface area contributed by atoms with E-state index in [1.165, 1.54) is 6.07 Å². The minimum Gasteiger partial charge on any atom is -0.478 e. The molecule has 0 radical (unpaired) electrons. The molecule has 2 rings (SSSR count). The average Bonchev–Trinajstić information content (AvgIpc) is 2.94. The number of carbonyl (C=O) groups excluding carboxylic acids is 1. The van der Waals surface area contributed by atoms with Gasteiger partial charge in [-0.05, 0) is 24.6 Å². The van der Waals surface area contributed by atoms with E-state index in [4.69, 9.17) is 5.11 Å². The monoisotopic (exact) mass is 288 g/mol. The number of imidazole rings is 1. The predicted octanol–water partition coefficient (Wildman–Crippen LogP) is 1.71. The molecule has 0 unspecified atom stereocenters. The third kappa shape index (κ3) is 3.82. The standard InChI is InChI=1S/C14H16N4O3/c1-10-11(13(19)20)3-2-4-12(10)17-14(21)16-6-8-18-7-5-15-9-18/h2-5,7,9H,6,8H2,1H3,(H,19,20)(H2,16,17,21). The number of benzene rings is 1. The van der Waals surface area contributed by atoms with E-state index in [1.54, 1.807) is 37.8 Å². The minimum absolute atomic E-state index is 0.172. The largest absolute Gasteiger partial charge is 0.478 e. The molecule has 2 amide bonds. The highest BCUT2D eigenvalue weighted by Gasteiger charge is 2.11. The molecule has 0 fully saturated rings. The van der Waals surface area contributed by atoms with Crippen molar-refractivity contribution in [1.82, 2.24) is 14.9 Å². The minimum atomic E-state index is -1.02. The Morgan fingerprint density at radius 1 is 1.38 bits per heavy atom. The molecule has 1 heterocycles. The van der Waals surface area contributed by atoms with Gasteiger partial charge in [0.25, 0.3) is 0 Å². The summed E-state index contributed by atoms with van der Waals surface area (Å²) in [6.07, 6.45) is 5.14. The van der Waals surface area contributed by atoms with E-state index in [2.05, 4.69) is 15.6 Å². The van der Waals surface area contributed by atoms with Crippen molar-refractivity contribution < 1.29 is 14.7 Å². The van der Waals surface area contributed by atoms with E-state index in [0.717, 1.165) is 0 Å². The van der Waals surface area contributed by atoms with Crippen LogP contribution in [0.15, 0.2) is 36.9 Å². The van der Waals surface area contributed by atoms with Crippen LogP contribution in [-0.2, 0) is 6.54 Å². The second-order valence-electron chi connectivity index (χ2n) is 4.46. The van der Waals surface area contributed by atoms with Crippen LogP contribution in [0.3, 0.4) is 0 Å². The summed E-state index contributed by atoms with van der Waals surface area (Å²) in [4.78, 5) is 26.7. The summed E-state index contributed by atoms with van der Waals surface area (Å²) in [6, 6.07) is 4.38. The molecule has 1 aromatic heterocycles. The number of carboxylic acid groups (broad SMARTS) is 1. The van der Waals surface area contributed by atoms with Gasteiger partial charge in [0.2, 0.25) is 0 Å². The lowest BCUT2D eigenvalue weighted by Gasteiger charge is -2.11. The molecule has 1 aromatic carbocycles. The summed E-state index contributed by atoms with van der Waals surface area (Å²) in [5.74, 6) is -1.02. The van der Waals surface area contributed by atoms with Gasteiger partial charge in [0.1, 0.15) is 0 Å². The highest BCUT2D eigenvalue weighted by molar-refractivity contribution is 5.95. The molecule has 0 spiro atoms. The molecule has 0 bridgehead atoms. The zero-order valence-electron chi connectivity index (χ0n) is 11.5. The Bertz CT molecular complexity index is 638. The van der Waals surface area contributed by atoms with E-state index >= 15 is 0 Å². The van der Waals surface area contributed by atoms with Crippen LogP contribution in [-0.4, -0.2) is 33.2 Å². The number of amides is 2. The van der Waals surface area contributed by atoms with Crippen LogP contribution in [0, 0.1) is 6.92 Å². The van der Waals surface area contributed by atoms with E-state index < -0.39 is 5.97 Å². The first-order chi connectivity index (χ1) is 10.1. The zero-order chi connectivity index (χ0) is 15.2. The molecule has 7 nitrogen and oxygen atoms in total. The molecule has 110 valence electrons. The fourth-order valence-electron chi connectivity index (χ4n) is 1.89. The first-order valence-electron chi connectivity index (χ1n) is 6.41. The maximum absolute atomic E-state index is 11.8. The Balaban J connectivity index is 1.90. The summed E-state index contributed by atoms with van der Waals surface area (Å²) < 4.78 is 1.84. The molecule has 0 saturated carbocycles. The van der Waals surface area contributed by atoms with Gasteiger partial charge >= 0.3 is 12.0 Å². The second kappa shape index (κ2) is 6.56. The third-order valence-corrected chi connectivity index (χ3v) is 3.03. The van der Waals surface area contributed by atoms with Gasteiger partial charge in [-0.25, -0.2) is 14.6 Å². The Labute approximate surface area is 121 Å². The van der Waals surface area contributed by atoms with Gasteiger partial charge in [-0.1, -0.05) is 6.07 Å². The summed E-state index contributed by atoms with van der Waals surface area (Å²) >= 11 is 0. The van der Waals surface area contributed by atoms with E-state index in [-0.39, 0.29) is 11.6 Å². The van der Waals surface area contributed by atoms with Crippen molar-refractivity contribution in [1.29, 1.82) is 0 Å². The lowest BCUT2D eigenvalue weighted by molar-refractivity contribution is 0.0696. The predicted molar refractivity (Wildman–Crippen MR) is 77.4 cm³/mol. The first kappa shape index (κ1) is 14.6. The molecule has 0 aliphatic rings. The first-order valence-corrected chi connectivity index (χ1v) is 6.41. The topological polar surface area (TPSA) is 96.3 Å². The van der Waals surface area contributed by atoms with Crippen molar-refractivity contribution >= 4 is 17.7 Å². The molecule has 3 N–H and O–H groups in total. The second-order valence-corrected chi connectivity index (χ2v) is 4.46. The summed E-state index contributed by atoms with van der Waals surface area (Å²) in [5, 5.41) is 14.4. The van der Waals surface area contributed by atoms with Gasteiger partial charge in [-0.2, -0.15) is 0 Å². The van der Waals surface area contributed by atoms with E-state index in [1.807, 2.05) is 4.57 Å². The molecule has 0 aliphatic carbocycles. The SMILES string of the molecule is Cc1c(NC(=O)NCCn2ccnc2)cccc1C(=O)O. The van der Waals surface area contributed by atoms with Crippen LogP contribution in [0.4, 0.5) is 10.5 Å². The van der Waals surface area contributed by atoms with Gasteiger partial charge in [-0.15, -0.1) is 0 Å². The highest BCUT2D eigenvalue weighted by atomic mass is 16.4. The summed E-state index contributed by atoms with van der Waals surface area (Å²) in [7, 11) is 0. The smallest absolute Gasteiger partial charge is 0.336 e. The van der Waals surface area contributed by atoms with E-state index in [9.17, 15) is 9.59 Å². The van der Waals surface area contributed by atoms with Crippen LogP contribution in [0.1, 0.15) is 15.9 Å². The fourth-order valence-corrected chi connectivity index (χ4v) is 1.89. The number of carbonyl (C=O) groups is 2. The van der Waals surface area contributed by atoms with Crippen LogP contribution in [0.25, 0.3) is 0 Å². The molecule has 0 saturated heterocycles. The van der Waals surface area contributed by atoms with Crippen molar-refractivity contribution in [2.45, 2.75) is 13.5 Å². The number of hydrogen-bond acceptors (Lipinski definition) is 3. The van der Waals surface area contributed by atoms with Crippen molar-refractivity contribution in [3.63, 3.8) is 0 Å². The number of nitrogens with one attached hydrogen (secondary N) is 2. The lowest BCUT2D eigenvalue weighted by Crippen LogP contribution is -2.31. The normalized spacial score (nSPS) is 10.1. The number of aromatic nitrogens is 2. The van der Waals surface area contributed by atoms with Crippen molar-refractivity contribution in [2.75, 3.05) is 11.9 Å². The molecule has 0 atom stereocenters. The Kier molecular flexibility index (Phi) is 4.55. The van der Waals surface area contributed by atoms with Gasteiger partial charge < -0.3 is 20.3 Å². The van der Waals surface area contributed by atoms with Gasteiger partial charge in [-0.3, -0.25) is 0 Å². The Morgan fingerprint density at radius 2 is 2.19 bits per heavy atom. The number of anilines is 1.